The molecule has 1 N–H and O–H groups in total. The van der Waals surface area contributed by atoms with Crippen molar-refractivity contribution in [3.05, 3.63) is 77.3 Å². The molecule has 0 atom stereocenters. The summed E-state index contributed by atoms with van der Waals surface area (Å²) in [4.78, 5) is 19.4. The largest absolute Gasteiger partial charge is 0.373 e. The van der Waals surface area contributed by atoms with Crippen LogP contribution in [-0.2, 0) is 18.2 Å². The van der Waals surface area contributed by atoms with Crippen LogP contribution in [0.2, 0.25) is 0 Å². The predicted octanol–water partition coefficient (Wildman–Crippen LogP) is 5.43. The van der Waals surface area contributed by atoms with Crippen molar-refractivity contribution in [3.63, 3.8) is 0 Å². The minimum Gasteiger partial charge on any atom is -0.373 e. The number of hydrogen-bond donors (Lipinski definition) is 1. The molecule has 0 unspecified atom stereocenters. The summed E-state index contributed by atoms with van der Waals surface area (Å²) in [5.74, 6) is 0.277. The van der Waals surface area contributed by atoms with Crippen LogP contribution < -0.4 is 10.2 Å². The number of carbonyl (C=O) groups excluding carboxylic acids is 1. The van der Waals surface area contributed by atoms with E-state index in [0.717, 1.165) is 40.3 Å². The SMILES string of the molecule is CNC(=O)c1cc2cc(C3=CCOC3)ccc2c(N2CCCc3cc(-c4cnn(C)c4)c(C(F)F)cc32)n1. The Labute approximate surface area is 218 Å². The van der Waals surface area contributed by atoms with Crippen molar-refractivity contribution in [1.29, 1.82) is 0 Å². The Balaban J connectivity index is 1.53. The minimum absolute atomic E-state index is 0.0501. The topological polar surface area (TPSA) is 72.3 Å². The molecular weight excluding hydrogens is 488 g/mol. The van der Waals surface area contributed by atoms with E-state index in [9.17, 15) is 13.6 Å². The van der Waals surface area contributed by atoms with Crippen LogP contribution in [0, 0.1) is 0 Å². The summed E-state index contributed by atoms with van der Waals surface area (Å²) in [6, 6.07) is 11.3. The van der Waals surface area contributed by atoms with Gasteiger partial charge in [-0.1, -0.05) is 18.2 Å². The first-order valence-electron chi connectivity index (χ1n) is 12.6. The molecule has 0 saturated carbocycles. The van der Waals surface area contributed by atoms with Gasteiger partial charge in [0.2, 0.25) is 0 Å². The fourth-order valence-electron chi connectivity index (χ4n) is 5.34. The number of nitrogens with one attached hydrogen (secondary N) is 1. The number of aromatic nitrogens is 3. The molecule has 0 spiro atoms. The van der Waals surface area contributed by atoms with Crippen LogP contribution in [-0.4, -0.2) is 47.5 Å². The number of fused-ring (bicyclic) bond motifs is 2. The molecule has 0 saturated heterocycles. The molecule has 0 fully saturated rings. The number of benzene rings is 2. The number of halogens is 2. The van der Waals surface area contributed by atoms with Gasteiger partial charge in [0.25, 0.3) is 12.3 Å². The van der Waals surface area contributed by atoms with Gasteiger partial charge in [0.15, 0.2) is 0 Å². The van der Waals surface area contributed by atoms with Gasteiger partial charge in [0.1, 0.15) is 11.5 Å². The van der Waals surface area contributed by atoms with Crippen molar-refractivity contribution in [2.45, 2.75) is 19.3 Å². The lowest BCUT2D eigenvalue weighted by Gasteiger charge is -2.32. The quantitative estimate of drug-likeness (QED) is 0.384. The van der Waals surface area contributed by atoms with Crippen LogP contribution in [0.5, 0.6) is 0 Å². The lowest BCUT2D eigenvalue weighted by Crippen LogP contribution is -2.27. The fraction of sp³-hybridized carbons (Fsp3) is 0.276. The zero-order valence-electron chi connectivity index (χ0n) is 21.2. The second kappa shape index (κ2) is 9.64. The number of amides is 1. The number of anilines is 2. The summed E-state index contributed by atoms with van der Waals surface area (Å²) >= 11 is 0. The molecule has 194 valence electrons. The maximum atomic E-state index is 14.4. The summed E-state index contributed by atoms with van der Waals surface area (Å²) < 4.78 is 35.8. The maximum Gasteiger partial charge on any atom is 0.269 e. The monoisotopic (exact) mass is 515 g/mol. The number of pyridine rings is 1. The molecule has 38 heavy (non-hydrogen) atoms. The Hall–Kier alpha value is -4.11. The van der Waals surface area contributed by atoms with Crippen molar-refractivity contribution in [3.8, 4) is 11.1 Å². The van der Waals surface area contributed by atoms with Gasteiger partial charge in [-0.15, -0.1) is 0 Å². The third-order valence-electron chi connectivity index (χ3n) is 7.22. The van der Waals surface area contributed by atoms with E-state index in [1.165, 1.54) is 0 Å². The van der Waals surface area contributed by atoms with Gasteiger partial charge in [-0.25, -0.2) is 13.8 Å². The highest BCUT2D eigenvalue weighted by Crippen LogP contribution is 2.42. The van der Waals surface area contributed by atoms with Crippen LogP contribution >= 0.6 is 0 Å². The van der Waals surface area contributed by atoms with Crippen molar-refractivity contribution in [2.24, 2.45) is 7.05 Å². The second-order valence-corrected chi connectivity index (χ2v) is 9.62. The molecule has 6 rings (SSSR count). The Morgan fingerprint density at radius 3 is 2.74 bits per heavy atom. The Bertz CT molecular complexity index is 1590. The van der Waals surface area contributed by atoms with Crippen molar-refractivity contribution in [2.75, 3.05) is 31.7 Å². The highest BCUT2D eigenvalue weighted by Gasteiger charge is 2.27. The van der Waals surface area contributed by atoms with E-state index in [2.05, 4.69) is 16.5 Å². The molecule has 0 aliphatic carbocycles. The number of aryl methyl sites for hydroxylation is 2. The number of nitrogens with zero attached hydrogens (tertiary/aromatic N) is 4. The Kier molecular flexibility index (Phi) is 6.15. The van der Waals surface area contributed by atoms with Gasteiger partial charge >= 0.3 is 0 Å². The first-order chi connectivity index (χ1) is 18.4. The van der Waals surface area contributed by atoms with Crippen molar-refractivity contribution >= 4 is 33.8 Å². The molecular formula is C29H27F2N5O2. The van der Waals surface area contributed by atoms with Gasteiger partial charge in [0.05, 0.1) is 19.4 Å². The first-order valence-corrected chi connectivity index (χ1v) is 12.6. The van der Waals surface area contributed by atoms with Gasteiger partial charge in [-0.05, 0) is 64.8 Å². The van der Waals surface area contributed by atoms with Crippen molar-refractivity contribution < 1.29 is 18.3 Å². The Morgan fingerprint density at radius 1 is 1.16 bits per heavy atom. The lowest BCUT2D eigenvalue weighted by atomic mass is 9.92. The first kappa shape index (κ1) is 24.2. The second-order valence-electron chi connectivity index (χ2n) is 9.62. The zero-order chi connectivity index (χ0) is 26.4. The van der Waals surface area contributed by atoms with E-state index in [1.54, 1.807) is 43.3 Å². The van der Waals surface area contributed by atoms with Crippen LogP contribution in [0.15, 0.2) is 54.9 Å². The van der Waals surface area contributed by atoms with E-state index >= 15 is 0 Å². The van der Waals surface area contributed by atoms with Gasteiger partial charge < -0.3 is 15.0 Å². The standard InChI is InChI=1S/C29H27F2N5O2/c1-32-29(37)25-12-20-10-17(19-7-9-38-16-19)5-6-22(20)28(34-25)36-8-3-4-18-11-23(21-14-33-35(2)15-21)24(27(30)31)13-26(18)36/h5-7,10-15,27H,3-4,8-9,16H2,1-2H3,(H,32,37). The predicted molar refractivity (Wildman–Crippen MR) is 143 cm³/mol. The van der Waals surface area contributed by atoms with Crippen LogP contribution in [0.3, 0.4) is 0 Å². The van der Waals surface area contributed by atoms with Crippen LogP contribution in [0.1, 0.15) is 40.0 Å². The fourth-order valence-corrected chi connectivity index (χ4v) is 5.34. The van der Waals surface area contributed by atoms with Gasteiger partial charge in [-0.2, -0.15) is 5.10 Å². The summed E-state index contributed by atoms with van der Waals surface area (Å²) in [5.41, 5.74) is 5.15. The molecule has 7 nitrogen and oxygen atoms in total. The molecule has 9 heteroatoms. The number of ether oxygens (including phenoxy) is 1. The third kappa shape index (κ3) is 4.22. The molecule has 2 aliphatic heterocycles. The summed E-state index contributed by atoms with van der Waals surface area (Å²) in [6.07, 6.45) is 4.33. The lowest BCUT2D eigenvalue weighted by molar-refractivity contribution is 0.0958. The highest BCUT2D eigenvalue weighted by molar-refractivity contribution is 6.02. The summed E-state index contributed by atoms with van der Waals surface area (Å²) in [5, 5.41) is 8.54. The smallest absolute Gasteiger partial charge is 0.269 e. The number of rotatable bonds is 5. The van der Waals surface area contributed by atoms with E-state index in [1.807, 2.05) is 29.2 Å². The minimum atomic E-state index is -2.66. The molecule has 2 aromatic heterocycles. The molecule has 4 heterocycles. The highest BCUT2D eigenvalue weighted by atomic mass is 19.3. The molecule has 0 radical (unpaired) electrons. The average molecular weight is 516 g/mol. The summed E-state index contributed by atoms with van der Waals surface area (Å²) in [7, 11) is 3.33. The Morgan fingerprint density at radius 2 is 2.03 bits per heavy atom. The number of carbonyl (C=O) groups is 1. The van der Waals surface area contributed by atoms with Crippen molar-refractivity contribution in [1.82, 2.24) is 20.1 Å². The zero-order valence-corrected chi connectivity index (χ0v) is 21.2. The van der Waals surface area contributed by atoms with E-state index in [4.69, 9.17) is 9.72 Å². The van der Waals surface area contributed by atoms with Crippen LogP contribution in [0.4, 0.5) is 20.3 Å². The average Bonchev–Trinajstić information content (AvgIpc) is 3.63. The molecule has 2 aliphatic rings. The van der Waals surface area contributed by atoms with Gasteiger partial charge in [-0.3, -0.25) is 9.48 Å². The number of alkyl halides is 2. The summed E-state index contributed by atoms with van der Waals surface area (Å²) in [6.45, 7) is 1.72. The van der Waals surface area contributed by atoms with E-state index < -0.39 is 6.43 Å². The van der Waals surface area contributed by atoms with Crippen LogP contribution in [0.25, 0.3) is 27.5 Å². The molecule has 0 bridgehead atoms. The van der Waals surface area contributed by atoms with E-state index in [-0.39, 0.29) is 17.2 Å². The normalized spacial score (nSPS) is 15.2. The molecule has 2 aromatic carbocycles. The molecule has 1 amide bonds. The third-order valence-corrected chi connectivity index (χ3v) is 7.22. The maximum absolute atomic E-state index is 14.4. The van der Waals surface area contributed by atoms with E-state index in [0.29, 0.717) is 42.4 Å². The van der Waals surface area contributed by atoms with Gasteiger partial charge in [0, 0.05) is 49.0 Å². The number of hydrogen-bond acceptors (Lipinski definition) is 5. The molecule has 4 aromatic rings.